The zero-order valence-corrected chi connectivity index (χ0v) is 15.8. The summed E-state index contributed by atoms with van der Waals surface area (Å²) in [5, 5.41) is 5.06. The Balaban J connectivity index is 2.01. The number of hydrazone groups is 1. The molecular formula is C18H18Cl2N2O4. The number of anilines is 1. The van der Waals surface area contributed by atoms with E-state index in [1.807, 2.05) is 0 Å². The lowest BCUT2D eigenvalue weighted by Crippen LogP contribution is -2.14. The zero-order valence-electron chi connectivity index (χ0n) is 14.3. The van der Waals surface area contributed by atoms with E-state index in [0.29, 0.717) is 33.8 Å². The van der Waals surface area contributed by atoms with E-state index >= 15 is 0 Å². The van der Waals surface area contributed by atoms with Crippen LogP contribution >= 0.6 is 23.2 Å². The van der Waals surface area contributed by atoms with Gasteiger partial charge in [0.2, 0.25) is 0 Å². The van der Waals surface area contributed by atoms with Crippen LogP contribution in [0.15, 0.2) is 41.5 Å². The lowest BCUT2D eigenvalue weighted by molar-refractivity contribution is -0.145. The van der Waals surface area contributed by atoms with Crippen molar-refractivity contribution in [3.8, 4) is 11.5 Å². The van der Waals surface area contributed by atoms with Crippen LogP contribution < -0.4 is 14.9 Å². The molecule has 0 atom stereocenters. The van der Waals surface area contributed by atoms with Crippen LogP contribution in [0.2, 0.25) is 10.0 Å². The van der Waals surface area contributed by atoms with Crippen LogP contribution in [-0.2, 0) is 9.53 Å². The van der Waals surface area contributed by atoms with Crippen molar-refractivity contribution < 1.29 is 19.0 Å². The number of nitrogens with one attached hydrogen (secondary N) is 1. The summed E-state index contributed by atoms with van der Waals surface area (Å²) in [5.74, 6) is 0.481. The van der Waals surface area contributed by atoms with Crippen LogP contribution in [0.5, 0.6) is 11.5 Å². The van der Waals surface area contributed by atoms with Crippen LogP contribution in [0.4, 0.5) is 5.69 Å². The van der Waals surface area contributed by atoms with Gasteiger partial charge < -0.3 is 14.2 Å². The average Bonchev–Trinajstić information content (AvgIpc) is 2.63. The van der Waals surface area contributed by atoms with E-state index in [1.165, 1.54) is 7.11 Å². The largest absolute Gasteiger partial charge is 0.493 e. The number of carbonyl (C=O) groups excluding carboxylic acids is 1. The van der Waals surface area contributed by atoms with Gasteiger partial charge in [0.1, 0.15) is 0 Å². The fourth-order valence-corrected chi connectivity index (χ4v) is 2.27. The number of carbonyl (C=O) groups is 1. The summed E-state index contributed by atoms with van der Waals surface area (Å²) in [7, 11) is 1.52. The Morgan fingerprint density at radius 1 is 1.15 bits per heavy atom. The molecule has 0 amide bonds. The number of nitrogens with zero attached hydrogens (tertiary/aromatic N) is 1. The fourth-order valence-electron chi connectivity index (χ4n) is 1.97. The number of hydrogen-bond donors (Lipinski definition) is 1. The minimum Gasteiger partial charge on any atom is -0.493 e. The third kappa shape index (κ3) is 5.82. The molecule has 1 N–H and O–H groups in total. The van der Waals surface area contributed by atoms with E-state index in [1.54, 1.807) is 49.5 Å². The van der Waals surface area contributed by atoms with Gasteiger partial charge in [-0.2, -0.15) is 5.10 Å². The van der Waals surface area contributed by atoms with Crippen LogP contribution in [0.1, 0.15) is 12.5 Å². The number of esters is 1. The first kappa shape index (κ1) is 19.9. The predicted molar refractivity (Wildman–Crippen MR) is 103 cm³/mol. The Labute approximate surface area is 161 Å². The second-order valence-electron chi connectivity index (χ2n) is 5.00. The molecule has 138 valence electrons. The standard InChI is InChI=1S/C18H18Cl2N2O4/c1-3-25-18(23)11-26-16-7-4-12(8-17(16)24-2)10-21-22-13-5-6-14(19)15(20)9-13/h4-10,22H,3,11H2,1-2H3. The molecule has 6 nitrogen and oxygen atoms in total. The molecule has 0 bridgehead atoms. The number of rotatable bonds is 8. The smallest absolute Gasteiger partial charge is 0.344 e. The lowest BCUT2D eigenvalue weighted by Gasteiger charge is -2.10. The minimum atomic E-state index is -0.439. The van der Waals surface area contributed by atoms with E-state index in [2.05, 4.69) is 10.5 Å². The van der Waals surface area contributed by atoms with Crippen LogP contribution in [0.3, 0.4) is 0 Å². The quantitative estimate of drug-likeness (QED) is 0.407. The number of halogens is 2. The molecule has 0 saturated carbocycles. The number of benzene rings is 2. The van der Waals surface area contributed by atoms with Crippen molar-refractivity contribution in [3.63, 3.8) is 0 Å². The molecular weight excluding hydrogens is 379 g/mol. The maximum Gasteiger partial charge on any atom is 0.344 e. The third-order valence-corrected chi connectivity index (χ3v) is 3.90. The summed E-state index contributed by atoms with van der Waals surface area (Å²) in [6.45, 7) is 1.86. The molecule has 0 spiro atoms. The minimum absolute atomic E-state index is 0.184. The van der Waals surface area contributed by atoms with E-state index in [4.69, 9.17) is 37.4 Å². The summed E-state index contributed by atoms with van der Waals surface area (Å²) in [4.78, 5) is 11.4. The molecule has 8 heteroatoms. The van der Waals surface area contributed by atoms with Crippen LogP contribution in [0, 0.1) is 0 Å². The summed E-state index contributed by atoms with van der Waals surface area (Å²) in [5.41, 5.74) is 4.34. The Morgan fingerprint density at radius 2 is 1.96 bits per heavy atom. The van der Waals surface area contributed by atoms with Crippen molar-refractivity contribution in [3.05, 3.63) is 52.0 Å². The second kappa shape index (κ2) is 9.89. The average molecular weight is 397 g/mol. The molecule has 0 saturated heterocycles. The zero-order chi connectivity index (χ0) is 18.9. The second-order valence-corrected chi connectivity index (χ2v) is 5.82. The molecule has 2 rings (SSSR count). The van der Waals surface area contributed by atoms with Crippen molar-refractivity contribution in [1.29, 1.82) is 0 Å². The molecule has 0 heterocycles. The highest BCUT2D eigenvalue weighted by Crippen LogP contribution is 2.28. The van der Waals surface area contributed by atoms with E-state index < -0.39 is 5.97 Å². The SMILES string of the molecule is CCOC(=O)COc1ccc(C=NNc2ccc(Cl)c(Cl)c2)cc1OC. The molecule has 0 fully saturated rings. The molecule has 2 aromatic carbocycles. The maximum absolute atomic E-state index is 11.4. The predicted octanol–water partition coefficient (Wildman–Crippen LogP) is 4.39. The summed E-state index contributed by atoms with van der Waals surface area (Å²) in [6, 6.07) is 10.3. The van der Waals surface area contributed by atoms with Crippen molar-refractivity contribution in [2.24, 2.45) is 5.10 Å². The van der Waals surface area contributed by atoms with E-state index in [0.717, 1.165) is 5.56 Å². The third-order valence-electron chi connectivity index (χ3n) is 3.17. The van der Waals surface area contributed by atoms with Gasteiger partial charge in [-0.05, 0) is 48.9 Å². The maximum atomic E-state index is 11.4. The van der Waals surface area contributed by atoms with Gasteiger partial charge in [0.25, 0.3) is 0 Å². The first-order chi connectivity index (χ1) is 12.5. The Kier molecular flexibility index (Phi) is 7.56. The number of methoxy groups -OCH3 is 1. The molecule has 0 aliphatic rings. The number of hydrogen-bond acceptors (Lipinski definition) is 6. The monoisotopic (exact) mass is 396 g/mol. The highest BCUT2D eigenvalue weighted by atomic mass is 35.5. The van der Waals surface area contributed by atoms with E-state index in [9.17, 15) is 4.79 Å². The molecule has 26 heavy (non-hydrogen) atoms. The molecule has 0 aliphatic heterocycles. The van der Waals surface area contributed by atoms with Gasteiger partial charge >= 0.3 is 5.97 Å². The van der Waals surface area contributed by atoms with Crippen molar-refractivity contribution in [1.82, 2.24) is 0 Å². The first-order valence-electron chi connectivity index (χ1n) is 7.74. The molecule has 0 unspecified atom stereocenters. The summed E-state index contributed by atoms with van der Waals surface area (Å²) < 4.78 is 15.5. The van der Waals surface area contributed by atoms with Gasteiger partial charge in [0, 0.05) is 0 Å². The van der Waals surface area contributed by atoms with Gasteiger partial charge in [-0.15, -0.1) is 0 Å². The van der Waals surface area contributed by atoms with E-state index in [-0.39, 0.29) is 6.61 Å². The van der Waals surface area contributed by atoms with Crippen LogP contribution in [-0.4, -0.2) is 32.5 Å². The summed E-state index contributed by atoms with van der Waals surface area (Å²) >= 11 is 11.8. The summed E-state index contributed by atoms with van der Waals surface area (Å²) in [6.07, 6.45) is 1.61. The Morgan fingerprint density at radius 3 is 2.65 bits per heavy atom. The topological polar surface area (TPSA) is 69.2 Å². The first-order valence-corrected chi connectivity index (χ1v) is 8.49. The van der Waals surface area contributed by atoms with Crippen LogP contribution in [0.25, 0.3) is 0 Å². The molecule has 2 aromatic rings. The number of ether oxygens (including phenoxy) is 3. The van der Waals surface area contributed by atoms with Crippen molar-refractivity contribution in [2.75, 3.05) is 25.7 Å². The van der Waals surface area contributed by atoms with Crippen molar-refractivity contribution >= 4 is 41.1 Å². The normalized spacial score (nSPS) is 10.6. The highest BCUT2D eigenvalue weighted by molar-refractivity contribution is 6.42. The van der Waals surface area contributed by atoms with Crippen molar-refractivity contribution in [2.45, 2.75) is 6.92 Å². The molecule has 0 aliphatic carbocycles. The molecule has 0 radical (unpaired) electrons. The fraction of sp³-hybridized carbons (Fsp3) is 0.222. The van der Waals surface area contributed by atoms with Gasteiger partial charge in [-0.1, -0.05) is 23.2 Å². The Hall–Kier alpha value is -2.44. The van der Waals surface area contributed by atoms with Gasteiger partial charge in [0.05, 0.1) is 35.7 Å². The van der Waals surface area contributed by atoms with Gasteiger partial charge in [-0.3, -0.25) is 5.43 Å². The lowest BCUT2D eigenvalue weighted by atomic mass is 10.2. The van der Waals surface area contributed by atoms with Gasteiger partial charge in [0.15, 0.2) is 18.1 Å². The molecule has 0 aromatic heterocycles. The Bertz CT molecular complexity index is 797. The van der Waals surface area contributed by atoms with Gasteiger partial charge in [-0.25, -0.2) is 4.79 Å². The highest BCUT2D eigenvalue weighted by Gasteiger charge is 2.08.